The maximum absolute atomic E-state index is 13.0. The molecule has 0 atom stereocenters. The summed E-state index contributed by atoms with van der Waals surface area (Å²) in [5, 5.41) is 0.632. The molecular formula is C20H22N2O5S2. The topological polar surface area (TPSA) is 78.0 Å². The molecule has 0 amide bonds. The third kappa shape index (κ3) is 4.03. The van der Waals surface area contributed by atoms with Crippen molar-refractivity contribution in [2.45, 2.75) is 23.8 Å². The minimum atomic E-state index is -3.61. The van der Waals surface area contributed by atoms with Crippen molar-refractivity contribution in [3.05, 3.63) is 42.5 Å². The van der Waals surface area contributed by atoms with Gasteiger partial charge in [-0.1, -0.05) is 23.5 Å². The molecule has 0 aliphatic carbocycles. The fourth-order valence-electron chi connectivity index (χ4n) is 3.36. The highest BCUT2D eigenvalue weighted by atomic mass is 32.2. The zero-order valence-corrected chi connectivity index (χ0v) is 17.8. The molecule has 0 bridgehead atoms. The van der Waals surface area contributed by atoms with Crippen LogP contribution >= 0.6 is 11.3 Å². The van der Waals surface area contributed by atoms with E-state index in [9.17, 15) is 8.42 Å². The van der Waals surface area contributed by atoms with Gasteiger partial charge in [-0.05, 0) is 37.1 Å². The van der Waals surface area contributed by atoms with Crippen LogP contribution in [0.1, 0.15) is 12.8 Å². The highest BCUT2D eigenvalue weighted by Gasteiger charge is 2.31. The Balaban J connectivity index is 1.43. The first-order chi connectivity index (χ1) is 14.0. The maximum atomic E-state index is 13.0. The van der Waals surface area contributed by atoms with E-state index in [1.165, 1.54) is 35.9 Å². The zero-order valence-electron chi connectivity index (χ0n) is 16.2. The van der Waals surface area contributed by atoms with Crippen LogP contribution in [0.5, 0.6) is 16.7 Å². The van der Waals surface area contributed by atoms with Crippen molar-refractivity contribution in [2.75, 3.05) is 27.3 Å². The van der Waals surface area contributed by atoms with Gasteiger partial charge in [0.05, 0.1) is 29.3 Å². The van der Waals surface area contributed by atoms with Gasteiger partial charge in [0.1, 0.15) is 6.10 Å². The second-order valence-corrected chi connectivity index (χ2v) is 9.62. The van der Waals surface area contributed by atoms with Crippen LogP contribution in [-0.2, 0) is 10.0 Å². The van der Waals surface area contributed by atoms with Crippen molar-refractivity contribution in [1.29, 1.82) is 0 Å². The molecule has 1 aliphatic rings. The van der Waals surface area contributed by atoms with Gasteiger partial charge < -0.3 is 14.2 Å². The molecular weight excluding hydrogens is 412 g/mol. The Labute approximate surface area is 173 Å². The van der Waals surface area contributed by atoms with E-state index in [0.29, 0.717) is 42.6 Å². The Morgan fingerprint density at radius 1 is 1.03 bits per heavy atom. The van der Waals surface area contributed by atoms with E-state index in [4.69, 9.17) is 14.2 Å². The molecule has 1 saturated heterocycles. The van der Waals surface area contributed by atoms with Crippen LogP contribution in [0.3, 0.4) is 0 Å². The van der Waals surface area contributed by atoms with Crippen LogP contribution in [0.4, 0.5) is 0 Å². The number of hydrogen-bond donors (Lipinski definition) is 0. The molecule has 154 valence electrons. The molecule has 0 radical (unpaired) electrons. The lowest BCUT2D eigenvalue weighted by Gasteiger charge is -2.30. The SMILES string of the molecule is COc1ccc(S(=O)(=O)N2CCC(Oc3nc4ccccc4s3)CC2)cc1OC. The lowest BCUT2D eigenvalue weighted by molar-refractivity contribution is 0.135. The number of aromatic nitrogens is 1. The number of sulfonamides is 1. The Hall–Kier alpha value is -2.36. The maximum Gasteiger partial charge on any atom is 0.274 e. The van der Waals surface area contributed by atoms with Crippen LogP contribution in [0.25, 0.3) is 10.2 Å². The largest absolute Gasteiger partial charge is 0.493 e. The molecule has 3 aromatic rings. The molecule has 0 saturated carbocycles. The monoisotopic (exact) mass is 434 g/mol. The van der Waals surface area contributed by atoms with Crippen LogP contribution in [0, 0.1) is 0 Å². The molecule has 0 spiro atoms. The lowest BCUT2D eigenvalue weighted by Crippen LogP contribution is -2.41. The van der Waals surface area contributed by atoms with Gasteiger partial charge in [-0.15, -0.1) is 0 Å². The average Bonchev–Trinajstić information content (AvgIpc) is 3.15. The van der Waals surface area contributed by atoms with Gasteiger partial charge in [0.2, 0.25) is 10.0 Å². The van der Waals surface area contributed by atoms with Crippen molar-refractivity contribution in [3.63, 3.8) is 0 Å². The predicted molar refractivity (Wildman–Crippen MR) is 112 cm³/mol. The van der Waals surface area contributed by atoms with Crippen LogP contribution in [0.15, 0.2) is 47.4 Å². The van der Waals surface area contributed by atoms with Crippen molar-refractivity contribution in [1.82, 2.24) is 9.29 Å². The fraction of sp³-hybridized carbons (Fsp3) is 0.350. The summed E-state index contributed by atoms with van der Waals surface area (Å²) in [7, 11) is -0.606. The first kappa shape index (κ1) is 19.9. The molecule has 7 nitrogen and oxygen atoms in total. The van der Waals surface area contributed by atoms with E-state index in [-0.39, 0.29) is 11.0 Å². The van der Waals surface area contributed by atoms with Gasteiger partial charge in [-0.2, -0.15) is 4.31 Å². The summed E-state index contributed by atoms with van der Waals surface area (Å²) < 4.78 is 45.0. The Bertz CT molecular complexity index is 1070. The Kier molecular flexibility index (Phi) is 5.62. The van der Waals surface area contributed by atoms with E-state index >= 15 is 0 Å². The number of nitrogens with zero attached hydrogens (tertiary/aromatic N) is 2. The highest BCUT2D eigenvalue weighted by Crippen LogP contribution is 2.33. The zero-order chi connectivity index (χ0) is 20.4. The minimum Gasteiger partial charge on any atom is -0.493 e. The number of hydrogen-bond acceptors (Lipinski definition) is 7. The first-order valence-electron chi connectivity index (χ1n) is 9.25. The van der Waals surface area contributed by atoms with E-state index in [1.807, 2.05) is 24.3 Å². The smallest absolute Gasteiger partial charge is 0.274 e. The molecule has 1 aromatic heterocycles. The number of benzene rings is 2. The molecule has 0 N–H and O–H groups in total. The van der Waals surface area contributed by atoms with Crippen molar-refractivity contribution >= 4 is 31.6 Å². The number of piperidine rings is 1. The van der Waals surface area contributed by atoms with Gasteiger partial charge in [-0.3, -0.25) is 0 Å². The number of para-hydroxylation sites is 1. The van der Waals surface area contributed by atoms with Gasteiger partial charge in [0.25, 0.3) is 5.19 Å². The molecule has 29 heavy (non-hydrogen) atoms. The molecule has 9 heteroatoms. The summed E-state index contributed by atoms with van der Waals surface area (Å²) in [4.78, 5) is 4.69. The molecule has 1 aliphatic heterocycles. The number of methoxy groups -OCH3 is 2. The van der Waals surface area contributed by atoms with Crippen LogP contribution < -0.4 is 14.2 Å². The van der Waals surface area contributed by atoms with Crippen molar-refractivity contribution in [2.24, 2.45) is 0 Å². The summed E-state index contributed by atoms with van der Waals surface area (Å²) >= 11 is 1.51. The first-order valence-corrected chi connectivity index (χ1v) is 11.5. The molecule has 1 fully saturated rings. The highest BCUT2D eigenvalue weighted by molar-refractivity contribution is 7.89. The molecule has 2 aromatic carbocycles. The summed E-state index contributed by atoms with van der Waals surface area (Å²) in [6.45, 7) is 0.790. The molecule has 4 rings (SSSR count). The third-order valence-corrected chi connectivity index (χ3v) is 7.76. The normalized spacial score (nSPS) is 16.1. The number of ether oxygens (including phenoxy) is 3. The van der Waals surface area contributed by atoms with Gasteiger partial charge >= 0.3 is 0 Å². The van der Waals surface area contributed by atoms with Crippen molar-refractivity contribution < 1.29 is 22.6 Å². The lowest BCUT2D eigenvalue weighted by atomic mass is 10.1. The number of rotatable bonds is 6. The van der Waals surface area contributed by atoms with E-state index in [0.717, 1.165) is 10.2 Å². The average molecular weight is 435 g/mol. The number of thiazole rings is 1. The third-order valence-electron chi connectivity index (χ3n) is 4.94. The summed E-state index contributed by atoms with van der Waals surface area (Å²) in [5.41, 5.74) is 0.918. The predicted octanol–water partition coefficient (Wildman–Crippen LogP) is 3.55. The number of fused-ring (bicyclic) bond motifs is 1. The standard InChI is InChI=1S/C20H22N2O5S2/c1-25-17-8-7-15(13-18(17)26-2)29(23,24)22-11-9-14(10-12-22)27-20-21-16-5-3-4-6-19(16)28-20/h3-8,13-14H,9-12H2,1-2H3. The summed E-state index contributed by atoms with van der Waals surface area (Å²) in [6, 6.07) is 12.5. The van der Waals surface area contributed by atoms with E-state index in [1.54, 1.807) is 12.1 Å². The molecule has 0 unspecified atom stereocenters. The van der Waals surface area contributed by atoms with Crippen LogP contribution in [-0.4, -0.2) is 51.1 Å². The van der Waals surface area contributed by atoms with Gasteiger partial charge in [0.15, 0.2) is 11.5 Å². The Morgan fingerprint density at radius 3 is 2.45 bits per heavy atom. The van der Waals surface area contributed by atoms with Gasteiger partial charge in [-0.25, -0.2) is 13.4 Å². The second-order valence-electron chi connectivity index (χ2n) is 6.69. The van der Waals surface area contributed by atoms with E-state index in [2.05, 4.69) is 4.98 Å². The van der Waals surface area contributed by atoms with Gasteiger partial charge in [0, 0.05) is 19.2 Å². The summed E-state index contributed by atoms with van der Waals surface area (Å²) in [6.07, 6.45) is 1.18. The summed E-state index contributed by atoms with van der Waals surface area (Å²) in [5.74, 6) is 0.886. The van der Waals surface area contributed by atoms with Crippen molar-refractivity contribution in [3.8, 4) is 16.7 Å². The quantitative estimate of drug-likeness (QED) is 0.591. The Morgan fingerprint density at radius 2 is 1.76 bits per heavy atom. The molecule has 2 heterocycles. The second kappa shape index (κ2) is 8.17. The minimum absolute atomic E-state index is 0.0487. The fourth-order valence-corrected chi connectivity index (χ4v) is 5.73. The van der Waals surface area contributed by atoms with Crippen LogP contribution in [0.2, 0.25) is 0 Å². The van der Waals surface area contributed by atoms with E-state index < -0.39 is 10.0 Å².